The van der Waals surface area contributed by atoms with E-state index in [0.29, 0.717) is 5.88 Å². The van der Waals surface area contributed by atoms with Crippen LogP contribution in [-0.4, -0.2) is 17.0 Å². The first kappa shape index (κ1) is 13.8. The highest BCUT2D eigenvalue weighted by Crippen LogP contribution is 2.25. The van der Waals surface area contributed by atoms with Gasteiger partial charge >= 0.3 is 0 Å². The van der Waals surface area contributed by atoms with Crippen LogP contribution in [0.25, 0.3) is 10.9 Å². The van der Waals surface area contributed by atoms with Crippen molar-refractivity contribution in [2.75, 3.05) is 11.9 Å². The lowest BCUT2D eigenvalue weighted by molar-refractivity contribution is 0.892. The number of hydrogen-bond acceptors (Lipinski definition) is 3. The van der Waals surface area contributed by atoms with Crippen LogP contribution in [0.5, 0.6) is 0 Å². The number of rotatable bonds is 4. The second-order valence-electron chi connectivity index (χ2n) is 5.01. The lowest BCUT2D eigenvalue weighted by Crippen LogP contribution is -2.19. The van der Waals surface area contributed by atoms with E-state index in [4.69, 9.17) is 16.6 Å². The van der Waals surface area contributed by atoms with Crippen LogP contribution in [0.3, 0.4) is 0 Å². The van der Waals surface area contributed by atoms with Crippen molar-refractivity contribution in [3.05, 3.63) is 66.0 Å². The van der Waals surface area contributed by atoms with Crippen molar-refractivity contribution in [3.63, 3.8) is 0 Å². The molecular formula is C17H16ClN3. The summed E-state index contributed by atoms with van der Waals surface area (Å²) in [6, 6.07) is 14.2. The highest BCUT2D eigenvalue weighted by Gasteiger charge is 2.11. The van der Waals surface area contributed by atoms with Gasteiger partial charge < -0.3 is 4.90 Å². The molecule has 3 aromatic rings. The highest BCUT2D eigenvalue weighted by atomic mass is 35.5. The molecule has 0 aliphatic carbocycles. The third-order valence-electron chi connectivity index (χ3n) is 3.45. The maximum atomic E-state index is 6.10. The topological polar surface area (TPSA) is 29.0 Å². The average molecular weight is 298 g/mol. The van der Waals surface area contributed by atoms with Gasteiger partial charge in [-0.05, 0) is 29.8 Å². The predicted molar refractivity (Wildman–Crippen MR) is 87.6 cm³/mol. The van der Waals surface area contributed by atoms with E-state index in [1.807, 2.05) is 37.4 Å². The van der Waals surface area contributed by atoms with Gasteiger partial charge in [0, 0.05) is 36.9 Å². The number of aromatic nitrogens is 2. The molecule has 21 heavy (non-hydrogen) atoms. The molecule has 0 aliphatic heterocycles. The Kier molecular flexibility index (Phi) is 4.02. The standard InChI is InChI=1S/C17H16ClN3/c1-21(12-13-6-8-19-9-7-13)17-15(11-18)10-14-4-2-3-5-16(14)20-17/h2-10H,11-12H2,1H3. The first-order valence-corrected chi connectivity index (χ1v) is 7.36. The SMILES string of the molecule is CN(Cc1ccncc1)c1nc2ccccc2cc1CCl. The van der Waals surface area contributed by atoms with E-state index >= 15 is 0 Å². The minimum Gasteiger partial charge on any atom is -0.355 e. The number of alkyl halides is 1. The molecule has 0 spiro atoms. The Hall–Kier alpha value is -2.13. The molecule has 0 saturated carbocycles. The Morgan fingerprint density at radius 1 is 1.10 bits per heavy atom. The fraction of sp³-hybridized carbons (Fsp3) is 0.176. The molecule has 0 N–H and O–H groups in total. The zero-order valence-electron chi connectivity index (χ0n) is 11.8. The number of anilines is 1. The molecule has 0 fully saturated rings. The van der Waals surface area contributed by atoms with Crippen LogP contribution in [0.4, 0.5) is 5.82 Å². The lowest BCUT2D eigenvalue weighted by Gasteiger charge is -2.21. The van der Waals surface area contributed by atoms with Crippen LogP contribution in [0.15, 0.2) is 54.9 Å². The highest BCUT2D eigenvalue weighted by molar-refractivity contribution is 6.17. The molecule has 1 aromatic carbocycles. The molecule has 2 aromatic heterocycles. The zero-order chi connectivity index (χ0) is 14.7. The van der Waals surface area contributed by atoms with Gasteiger partial charge in [0.05, 0.1) is 11.4 Å². The normalized spacial score (nSPS) is 10.8. The number of fused-ring (bicyclic) bond motifs is 1. The Morgan fingerprint density at radius 3 is 2.62 bits per heavy atom. The zero-order valence-corrected chi connectivity index (χ0v) is 12.6. The Labute approximate surface area is 129 Å². The minimum atomic E-state index is 0.452. The van der Waals surface area contributed by atoms with Gasteiger partial charge in [-0.1, -0.05) is 18.2 Å². The quantitative estimate of drug-likeness (QED) is 0.682. The fourth-order valence-corrected chi connectivity index (χ4v) is 2.61. The molecule has 0 amide bonds. The largest absolute Gasteiger partial charge is 0.355 e. The van der Waals surface area contributed by atoms with Crippen LogP contribution in [0.1, 0.15) is 11.1 Å². The van der Waals surface area contributed by atoms with Crippen LogP contribution < -0.4 is 4.90 Å². The predicted octanol–water partition coefficient (Wildman–Crippen LogP) is 4.01. The van der Waals surface area contributed by atoms with Gasteiger partial charge in [-0.2, -0.15) is 0 Å². The van der Waals surface area contributed by atoms with Gasteiger partial charge in [-0.3, -0.25) is 4.98 Å². The summed E-state index contributed by atoms with van der Waals surface area (Å²) < 4.78 is 0. The summed E-state index contributed by atoms with van der Waals surface area (Å²) in [5.74, 6) is 1.38. The Morgan fingerprint density at radius 2 is 1.86 bits per heavy atom. The first-order chi connectivity index (χ1) is 10.3. The Balaban J connectivity index is 1.98. The van der Waals surface area contributed by atoms with Gasteiger partial charge in [0.25, 0.3) is 0 Å². The summed E-state index contributed by atoms with van der Waals surface area (Å²) in [6.45, 7) is 0.776. The van der Waals surface area contributed by atoms with Crippen molar-refractivity contribution in [2.45, 2.75) is 12.4 Å². The van der Waals surface area contributed by atoms with E-state index in [0.717, 1.165) is 28.8 Å². The molecule has 4 heteroatoms. The third-order valence-corrected chi connectivity index (χ3v) is 3.74. The summed E-state index contributed by atoms with van der Waals surface area (Å²) in [4.78, 5) is 10.9. The molecule has 0 aliphatic rings. The van der Waals surface area contributed by atoms with Gasteiger partial charge in [0.15, 0.2) is 0 Å². The van der Waals surface area contributed by atoms with Gasteiger partial charge in [0.1, 0.15) is 5.82 Å². The van der Waals surface area contributed by atoms with Crippen molar-refractivity contribution in [1.82, 2.24) is 9.97 Å². The second kappa shape index (κ2) is 6.10. The molecule has 0 radical (unpaired) electrons. The summed E-state index contributed by atoms with van der Waals surface area (Å²) in [5, 5.41) is 1.12. The third kappa shape index (κ3) is 2.98. The van der Waals surface area contributed by atoms with E-state index < -0.39 is 0 Å². The van der Waals surface area contributed by atoms with E-state index in [1.54, 1.807) is 12.4 Å². The van der Waals surface area contributed by atoms with Crippen LogP contribution >= 0.6 is 11.6 Å². The average Bonchev–Trinajstić information content (AvgIpc) is 2.54. The number of hydrogen-bond donors (Lipinski definition) is 0. The molecule has 3 rings (SSSR count). The van der Waals surface area contributed by atoms with Gasteiger partial charge in [-0.15, -0.1) is 11.6 Å². The monoisotopic (exact) mass is 297 g/mol. The molecule has 2 heterocycles. The molecular weight excluding hydrogens is 282 g/mol. The lowest BCUT2D eigenvalue weighted by atomic mass is 10.1. The fourth-order valence-electron chi connectivity index (χ4n) is 2.42. The van der Waals surface area contributed by atoms with E-state index in [-0.39, 0.29) is 0 Å². The summed E-state index contributed by atoms with van der Waals surface area (Å²) in [7, 11) is 2.04. The molecule has 0 bridgehead atoms. The summed E-state index contributed by atoms with van der Waals surface area (Å²) in [6.07, 6.45) is 3.61. The number of para-hydroxylation sites is 1. The van der Waals surface area contributed by atoms with Crippen molar-refractivity contribution in [2.24, 2.45) is 0 Å². The molecule has 0 atom stereocenters. The smallest absolute Gasteiger partial charge is 0.133 e. The van der Waals surface area contributed by atoms with E-state index in [2.05, 4.69) is 22.0 Å². The van der Waals surface area contributed by atoms with E-state index in [1.165, 1.54) is 5.56 Å². The van der Waals surface area contributed by atoms with E-state index in [9.17, 15) is 0 Å². The first-order valence-electron chi connectivity index (χ1n) is 6.82. The summed E-state index contributed by atoms with van der Waals surface area (Å²) in [5.41, 5.74) is 3.23. The van der Waals surface area contributed by atoms with Crippen LogP contribution in [-0.2, 0) is 12.4 Å². The van der Waals surface area contributed by atoms with Crippen LogP contribution in [0.2, 0.25) is 0 Å². The van der Waals surface area contributed by atoms with Crippen molar-refractivity contribution < 1.29 is 0 Å². The maximum Gasteiger partial charge on any atom is 0.133 e. The van der Waals surface area contributed by atoms with Gasteiger partial charge in [-0.25, -0.2) is 4.98 Å². The van der Waals surface area contributed by atoms with Crippen molar-refractivity contribution >= 4 is 28.3 Å². The number of benzene rings is 1. The minimum absolute atomic E-state index is 0.452. The summed E-state index contributed by atoms with van der Waals surface area (Å²) >= 11 is 6.10. The van der Waals surface area contributed by atoms with Crippen molar-refractivity contribution in [1.29, 1.82) is 0 Å². The van der Waals surface area contributed by atoms with Crippen LogP contribution in [0, 0.1) is 0 Å². The molecule has 0 unspecified atom stereocenters. The molecule has 106 valence electrons. The number of pyridine rings is 2. The molecule has 3 nitrogen and oxygen atoms in total. The van der Waals surface area contributed by atoms with Crippen molar-refractivity contribution in [3.8, 4) is 0 Å². The number of halogens is 1. The Bertz CT molecular complexity index is 743. The second-order valence-corrected chi connectivity index (χ2v) is 5.28. The molecule has 0 saturated heterocycles. The maximum absolute atomic E-state index is 6.10. The van der Waals surface area contributed by atoms with Gasteiger partial charge in [0.2, 0.25) is 0 Å². The number of nitrogens with zero attached hydrogens (tertiary/aromatic N) is 3.